The van der Waals surface area contributed by atoms with Crippen LogP contribution in [0.25, 0.3) is 11.1 Å². The smallest absolute Gasteiger partial charge is 0.426 e. The summed E-state index contributed by atoms with van der Waals surface area (Å²) in [6.07, 6.45) is 6.92. The Morgan fingerprint density at radius 1 is 0.819 bits per heavy atom. The molecule has 0 radical (unpaired) electrons. The van der Waals surface area contributed by atoms with E-state index in [4.69, 9.17) is 39.9 Å². The lowest BCUT2D eigenvalue weighted by Gasteiger charge is -2.39. The maximum absolute atomic E-state index is 14.7. The molecule has 3 heterocycles. The summed E-state index contributed by atoms with van der Waals surface area (Å²) in [4.78, 5) is 117. The van der Waals surface area contributed by atoms with Crippen molar-refractivity contribution in [3.8, 4) is 11.1 Å². The molecule has 94 heavy (non-hydrogen) atoms. The van der Waals surface area contributed by atoms with Crippen LogP contribution in [0.1, 0.15) is 135 Å². The Morgan fingerprint density at radius 3 is 2.13 bits per heavy atom. The number of rotatable bonds is 30. The number of ether oxygens (including phenoxy) is 6. The summed E-state index contributed by atoms with van der Waals surface area (Å²) < 4.78 is 34.5. The summed E-state index contributed by atoms with van der Waals surface area (Å²) in [6, 6.07) is 19.1. The zero-order valence-electron chi connectivity index (χ0n) is 55.0. The third kappa shape index (κ3) is 20.9. The Kier molecular flexibility index (Phi) is 26.7. The molecule has 7 rings (SSSR count). The lowest BCUT2D eigenvalue weighted by atomic mass is 9.87. The number of allylic oxidation sites excluding steroid dienone is 2. The predicted molar refractivity (Wildman–Crippen MR) is 349 cm³/mol. The van der Waals surface area contributed by atoms with Crippen molar-refractivity contribution in [1.29, 1.82) is 0 Å². The highest BCUT2D eigenvalue weighted by molar-refractivity contribution is 6.04. The number of urea groups is 1. The molecule has 3 aromatic rings. The number of epoxide rings is 1. The van der Waals surface area contributed by atoms with E-state index in [1.165, 1.54) is 31.0 Å². The first-order chi connectivity index (χ1) is 44.8. The number of anilines is 1. The molecule has 0 saturated carbocycles. The molecular weight excluding hydrogens is 1210 g/mol. The van der Waals surface area contributed by atoms with Crippen LogP contribution in [0.4, 0.5) is 20.1 Å². The average Bonchev–Trinajstić information content (AvgIpc) is 1.60. The van der Waals surface area contributed by atoms with E-state index in [1.54, 1.807) is 51.1 Å². The fourth-order valence-corrected chi connectivity index (χ4v) is 12.1. The molecule has 3 aliphatic heterocycles. The third-order valence-corrected chi connectivity index (χ3v) is 17.3. The van der Waals surface area contributed by atoms with Crippen molar-refractivity contribution in [3.05, 3.63) is 125 Å². The van der Waals surface area contributed by atoms with E-state index in [1.807, 2.05) is 50.3 Å². The van der Waals surface area contributed by atoms with E-state index in [2.05, 4.69) is 57.9 Å². The molecule has 10 N–H and O–H groups in total. The van der Waals surface area contributed by atoms with Crippen molar-refractivity contribution in [2.45, 2.75) is 186 Å². The number of fused-ring (bicyclic) bond motifs is 3. The zero-order valence-corrected chi connectivity index (χ0v) is 55.0. The van der Waals surface area contributed by atoms with E-state index in [0.717, 1.165) is 32.8 Å². The second-order valence-corrected chi connectivity index (χ2v) is 25.1. The maximum atomic E-state index is 14.7. The summed E-state index contributed by atoms with van der Waals surface area (Å²) in [5.74, 6) is -3.49. The number of nitrogens with one attached hydrogen (secondary N) is 5. The van der Waals surface area contributed by atoms with Gasteiger partial charge in [-0.3, -0.25) is 38.7 Å². The fraction of sp³-hybridized carbons (Fsp3) is 0.522. The first-order valence-corrected chi connectivity index (χ1v) is 32.3. The second-order valence-electron chi connectivity index (χ2n) is 25.1. The number of alkyl carbamates (subject to hydrolysis) is 1. The van der Waals surface area contributed by atoms with E-state index in [9.17, 15) is 48.3 Å². The minimum Gasteiger partial charge on any atom is -0.459 e. The summed E-state index contributed by atoms with van der Waals surface area (Å²) in [5, 5.41) is 23.4. The molecule has 25 heteroatoms. The van der Waals surface area contributed by atoms with E-state index < -0.39 is 95.8 Å². The van der Waals surface area contributed by atoms with E-state index in [-0.39, 0.29) is 100 Å². The first-order valence-electron chi connectivity index (χ1n) is 32.3. The predicted octanol–water partition coefficient (Wildman–Crippen LogP) is 6.54. The Balaban J connectivity index is 0.864. The van der Waals surface area contributed by atoms with Gasteiger partial charge in [0.2, 0.25) is 23.6 Å². The van der Waals surface area contributed by atoms with Crippen LogP contribution in [0.15, 0.2) is 109 Å². The van der Waals surface area contributed by atoms with Crippen molar-refractivity contribution < 1.29 is 76.7 Å². The highest BCUT2D eigenvalue weighted by atomic mass is 16.6. The Morgan fingerprint density at radius 2 is 1.49 bits per heavy atom. The molecule has 0 unspecified atom stereocenters. The highest BCUT2D eigenvalue weighted by Crippen LogP contribution is 2.45. The zero-order chi connectivity index (χ0) is 68.2. The fourth-order valence-electron chi connectivity index (χ4n) is 12.1. The molecule has 9 amide bonds. The van der Waals surface area contributed by atoms with Crippen LogP contribution in [-0.2, 0) is 63.8 Å². The van der Waals surface area contributed by atoms with E-state index in [0.29, 0.717) is 44.2 Å². The van der Waals surface area contributed by atoms with Gasteiger partial charge in [-0.25, -0.2) is 19.8 Å². The normalized spacial score (nSPS) is 22.4. The van der Waals surface area contributed by atoms with Gasteiger partial charge in [-0.15, -0.1) is 0 Å². The van der Waals surface area contributed by atoms with Gasteiger partial charge in [0.05, 0.1) is 37.4 Å². The number of nitrogens with two attached hydrogens (primary N) is 2. The van der Waals surface area contributed by atoms with Crippen molar-refractivity contribution in [1.82, 2.24) is 31.7 Å². The van der Waals surface area contributed by atoms with Gasteiger partial charge in [-0.05, 0) is 117 Å². The SMILES string of the molecule is CC(=O)O[C@@H](C)/C=C\C(=O)N[C@@H]1C[C@H](C)[C@H](C/C=C(C)/C=C/[C@H]2O[C@H](CC(=O)N(C)NC(=O)OCc3ccc(N(C(=O)[C@@H](NC(=O)CCCCCNC(=O)OCC4c5ccccc5-c5ccccc54)C(C)C)[C@@H](CCCNC(N)=O)C(N)=O)cc3)C[C@@]3(CO3)[C@@H]2O)O[C@@H]1C. The van der Waals surface area contributed by atoms with Crippen LogP contribution in [0.2, 0.25) is 0 Å². The summed E-state index contributed by atoms with van der Waals surface area (Å²) in [5.41, 5.74) is 18.9. The molecule has 1 spiro atoms. The van der Waals surface area contributed by atoms with Crippen molar-refractivity contribution >= 4 is 59.4 Å². The van der Waals surface area contributed by atoms with Crippen LogP contribution in [0.5, 0.6) is 0 Å². The van der Waals surface area contributed by atoms with Gasteiger partial charge in [0.1, 0.15) is 49.2 Å². The molecule has 4 aliphatic rings. The van der Waals surface area contributed by atoms with Crippen LogP contribution >= 0.6 is 0 Å². The number of carbonyl (C=O) groups excluding carboxylic acids is 9. The minimum atomic E-state index is -1.23. The lowest BCUT2D eigenvalue weighted by Crippen LogP contribution is -2.57. The number of primary amides is 2. The largest absolute Gasteiger partial charge is 0.459 e. The summed E-state index contributed by atoms with van der Waals surface area (Å²) >= 11 is 0. The third-order valence-electron chi connectivity index (χ3n) is 17.3. The minimum absolute atomic E-state index is 0.0207. The van der Waals surface area contributed by atoms with Crippen molar-refractivity contribution in [2.24, 2.45) is 23.3 Å². The molecule has 0 bridgehead atoms. The number of amides is 9. The lowest BCUT2D eigenvalue weighted by molar-refractivity contribution is -0.152. The number of carbonyl (C=O) groups is 9. The van der Waals surface area contributed by atoms with Crippen molar-refractivity contribution in [3.63, 3.8) is 0 Å². The molecule has 3 aromatic carbocycles. The number of esters is 1. The van der Waals surface area contributed by atoms with Crippen LogP contribution in [0.3, 0.4) is 0 Å². The van der Waals surface area contributed by atoms with Gasteiger partial charge in [0.25, 0.3) is 5.91 Å². The molecular formula is C69H93N9O16. The summed E-state index contributed by atoms with van der Waals surface area (Å²) in [7, 11) is 1.36. The molecule has 25 nitrogen and oxygen atoms in total. The molecule has 0 aromatic heterocycles. The first kappa shape index (κ1) is 72.8. The Bertz CT molecular complexity index is 3200. The quantitative estimate of drug-likeness (QED) is 0.00668. The molecule has 3 fully saturated rings. The highest BCUT2D eigenvalue weighted by Gasteiger charge is 2.58. The van der Waals surface area contributed by atoms with Gasteiger partial charge in [0.15, 0.2) is 0 Å². The van der Waals surface area contributed by atoms with Gasteiger partial charge < -0.3 is 66.3 Å². The number of aliphatic hydroxyl groups is 1. The number of aliphatic hydroxyl groups excluding tert-OH is 1. The second kappa shape index (κ2) is 34.5. The number of hydrogen-bond acceptors (Lipinski definition) is 16. The molecule has 1 aliphatic carbocycles. The molecule has 3 saturated heterocycles. The van der Waals surface area contributed by atoms with E-state index >= 15 is 0 Å². The Labute approximate surface area is 549 Å². The van der Waals surface area contributed by atoms with Crippen LogP contribution < -0.4 is 43.1 Å². The van der Waals surface area contributed by atoms with Crippen molar-refractivity contribution in [2.75, 3.05) is 38.3 Å². The van der Waals surface area contributed by atoms with Crippen LogP contribution in [0, 0.1) is 11.8 Å². The summed E-state index contributed by atoms with van der Waals surface area (Å²) in [6.45, 7) is 13.0. The average molecular weight is 1300 g/mol. The van der Waals surface area contributed by atoms with Gasteiger partial charge in [0, 0.05) is 57.6 Å². The standard InChI is InChI=1S/C69H93N9O16/c1-41(2)62(75-59(80)22-10-9-15-33-73-67(87)90-39-54-52-19-13-11-17-50(52)51-18-12-14-20-53(51)54)65(85)78(56(64(70)84)21-16-34-72-66(71)86)48-28-26-47(27-29-48)38-89-68(88)76-77(8)61(82)36-49-37-69(40-91-69)63(83)58(94-49)31-24-42(3)23-30-57-43(4)35-55(45(6)93-57)74-60(81)32-25-44(5)92-46(7)79/h11-14,17-20,23-29,31-32,41,43-45,49,54-58,62-63,83H,9-10,15-16,21-22,30,33-40H2,1-8H3,(H2,70,84)(H,73,87)(H,74,81)(H,75,80)(H,76,88)(H3,71,72,86)/b31-24+,32-25-,42-23+/t43-,44-,45+,49+,55+,56-,57-,58+,62-,63+,69+/m0/s1. The molecule has 510 valence electrons. The maximum Gasteiger partial charge on any atom is 0.426 e. The van der Waals surface area contributed by atoms with Gasteiger partial charge in [-0.2, -0.15) is 0 Å². The topological polar surface area (TPSA) is 351 Å². The Hall–Kier alpha value is -8.65. The monoisotopic (exact) mass is 1300 g/mol. The van der Waals surface area contributed by atoms with Crippen LogP contribution in [-0.4, -0.2) is 158 Å². The van der Waals surface area contributed by atoms with Gasteiger partial charge in [-0.1, -0.05) is 112 Å². The number of hydrazine groups is 1. The number of nitrogens with zero attached hydrogens (tertiary/aromatic N) is 2. The number of unbranched alkanes of at least 4 members (excludes halogenated alkanes) is 2. The number of benzene rings is 3. The van der Waals surface area contributed by atoms with Gasteiger partial charge >= 0.3 is 24.2 Å². The number of hydrogen-bond donors (Lipinski definition) is 8. The molecule has 11 atom stereocenters.